The highest BCUT2D eigenvalue weighted by atomic mass is 79.9. The molecule has 1 heterocycles. The Bertz CT molecular complexity index is 920. The highest BCUT2D eigenvalue weighted by Crippen LogP contribution is 2.29. The van der Waals surface area contributed by atoms with Gasteiger partial charge in [0.1, 0.15) is 5.75 Å². The Labute approximate surface area is 192 Å². The van der Waals surface area contributed by atoms with Crippen molar-refractivity contribution in [3.8, 4) is 5.75 Å². The number of carbonyl (C=O) groups excluding carboxylic acids is 2. The maximum atomic E-state index is 13.0. The van der Waals surface area contributed by atoms with Gasteiger partial charge in [-0.25, -0.2) is 0 Å². The number of carbonyl (C=O) groups is 2. The molecule has 1 aliphatic rings. The minimum absolute atomic E-state index is 0.00563. The lowest BCUT2D eigenvalue weighted by atomic mass is 10.1. The number of piperazine rings is 1. The van der Waals surface area contributed by atoms with Crippen molar-refractivity contribution in [3.05, 3.63) is 53.0 Å². The Morgan fingerprint density at radius 1 is 1.00 bits per heavy atom. The Balaban J connectivity index is 1.68. The van der Waals surface area contributed by atoms with Crippen LogP contribution in [0, 0.1) is 5.92 Å². The van der Waals surface area contributed by atoms with E-state index in [0.717, 1.165) is 28.9 Å². The number of rotatable bonds is 6. The van der Waals surface area contributed by atoms with Crippen LogP contribution in [0.2, 0.25) is 0 Å². The normalized spacial score (nSPS) is 14.5. The Kier molecular flexibility index (Phi) is 7.26. The molecule has 2 aromatic rings. The van der Waals surface area contributed by atoms with E-state index in [2.05, 4.69) is 26.1 Å². The van der Waals surface area contributed by atoms with Gasteiger partial charge in [0.2, 0.25) is 5.91 Å². The van der Waals surface area contributed by atoms with Crippen molar-refractivity contribution >= 4 is 39.1 Å². The molecule has 0 radical (unpaired) electrons. The van der Waals surface area contributed by atoms with Gasteiger partial charge in [-0.2, -0.15) is 0 Å². The van der Waals surface area contributed by atoms with E-state index in [-0.39, 0.29) is 17.7 Å². The third kappa shape index (κ3) is 5.79. The predicted octanol–water partition coefficient (Wildman–Crippen LogP) is 4.55. The first-order valence-corrected chi connectivity index (χ1v) is 11.4. The fraction of sp³-hybridized carbons (Fsp3) is 0.417. The molecule has 31 heavy (non-hydrogen) atoms. The van der Waals surface area contributed by atoms with Gasteiger partial charge in [0.05, 0.1) is 11.4 Å². The van der Waals surface area contributed by atoms with Crippen molar-refractivity contribution < 1.29 is 14.3 Å². The summed E-state index contributed by atoms with van der Waals surface area (Å²) in [5, 5.41) is 3.04. The highest BCUT2D eigenvalue weighted by Gasteiger charge is 2.31. The van der Waals surface area contributed by atoms with Crippen LogP contribution in [0.4, 0.5) is 11.4 Å². The summed E-state index contributed by atoms with van der Waals surface area (Å²) in [5.41, 5.74) is 0.638. The van der Waals surface area contributed by atoms with Crippen molar-refractivity contribution in [2.24, 2.45) is 5.92 Å². The van der Waals surface area contributed by atoms with Crippen LogP contribution in [0.15, 0.2) is 53.0 Å². The molecule has 3 rings (SSSR count). The standard InChI is InChI=1S/C24H30BrN3O3/c1-17(2)22(29)28-15-13-27(14-16-28)21-8-6-5-7-20(21)26-23(30)24(3,4)31-19-11-9-18(25)10-12-19/h5-12,17H,13-16H2,1-4H3,(H,26,30). The summed E-state index contributed by atoms with van der Waals surface area (Å²) in [6, 6.07) is 15.2. The van der Waals surface area contributed by atoms with Crippen molar-refractivity contribution in [2.75, 3.05) is 36.4 Å². The van der Waals surface area contributed by atoms with E-state index in [4.69, 9.17) is 4.74 Å². The lowest BCUT2D eigenvalue weighted by Crippen LogP contribution is -2.50. The highest BCUT2D eigenvalue weighted by molar-refractivity contribution is 9.10. The number of hydrogen-bond donors (Lipinski definition) is 1. The molecule has 0 bridgehead atoms. The quantitative estimate of drug-likeness (QED) is 0.648. The number of hydrogen-bond acceptors (Lipinski definition) is 4. The number of anilines is 2. The third-order valence-corrected chi connectivity index (χ3v) is 5.84. The van der Waals surface area contributed by atoms with Crippen LogP contribution >= 0.6 is 15.9 Å². The summed E-state index contributed by atoms with van der Waals surface area (Å²) in [7, 11) is 0. The Morgan fingerprint density at radius 3 is 2.23 bits per heavy atom. The molecule has 0 aromatic heterocycles. The first-order chi connectivity index (χ1) is 14.7. The molecule has 2 aromatic carbocycles. The second kappa shape index (κ2) is 9.73. The van der Waals surface area contributed by atoms with Crippen molar-refractivity contribution in [3.63, 3.8) is 0 Å². The molecule has 1 fully saturated rings. The molecule has 6 nitrogen and oxygen atoms in total. The number of benzene rings is 2. The number of ether oxygens (including phenoxy) is 1. The van der Waals surface area contributed by atoms with Gasteiger partial charge in [0.25, 0.3) is 5.91 Å². The summed E-state index contributed by atoms with van der Waals surface area (Å²) in [6.45, 7) is 10.2. The lowest BCUT2D eigenvalue weighted by Gasteiger charge is -2.37. The molecule has 0 saturated carbocycles. The lowest BCUT2D eigenvalue weighted by molar-refractivity contribution is -0.134. The van der Waals surface area contributed by atoms with Gasteiger partial charge >= 0.3 is 0 Å². The predicted molar refractivity (Wildman–Crippen MR) is 128 cm³/mol. The van der Waals surface area contributed by atoms with Gasteiger partial charge in [0, 0.05) is 36.6 Å². The molecule has 7 heteroatoms. The van der Waals surface area contributed by atoms with Crippen LogP contribution in [0.3, 0.4) is 0 Å². The Morgan fingerprint density at radius 2 is 1.61 bits per heavy atom. The maximum Gasteiger partial charge on any atom is 0.268 e. The molecule has 0 unspecified atom stereocenters. The summed E-state index contributed by atoms with van der Waals surface area (Å²) >= 11 is 3.40. The van der Waals surface area contributed by atoms with Crippen LogP contribution in [0.1, 0.15) is 27.7 Å². The van der Waals surface area contributed by atoms with Gasteiger partial charge in [-0.1, -0.05) is 41.9 Å². The molecule has 1 N–H and O–H groups in total. The SMILES string of the molecule is CC(C)C(=O)N1CCN(c2ccccc2NC(=O)C(C)(C)Oc2ccc(Br)cc2)CC1. The van der Waals surface area contributed by atoms with Gasteiger partial charge in [-0.15, -0.1) is 0 Å². The number of halogens is 1. The second-order valence-electron chi connectivity index (χ2n) is 8.50. The average molecular weight is 488 g/mol. The molecule has 1 aliphatic heterocycles. The summed E-state index contributed by atoms with van der Waals surface area (Å²) in [5.74, 6) is 0.596. The summed E-state index contributed by atoms with van der Waals surface area (Å²) in [6.07, 6.45) is 0. The molecule has 0 aliphatic carbocycles. The zero-order chi connectivity index (χ0) is 22.6. The molecule has 1 saturated heterocycles. The van der Waals surface area contributed by atoms with Gasteiger partial charge in [-0.05, 0) is 50.2 Å². The zero-order valence-corrected chi connectivity index (χ0v) is 20.1. The van der Waals surface area contributed by atoms with Crippen LogP contribution < -0.4 is 15.0 Å². The van der Waals surface area contributed by atoms with E-state index in [1.165, 1.54) is 0 Å². The number of nitrogens with one attached hydrogen (secondary N) is 1. The minimum Gasteiger partial charge on any atom is -0.478 e. The molecule has 0 spiro atoms. The van der Waals surface area contributed by atoms with E-state index in [9.17, 15) is 9.59 Å². The fourth-order valence-corrected chi connectivity index (χ4v) is 3.77. The smallest absolute Gasteiger partial charge is 0.268 e. The summed E-state index contributed by atoms with van der Waals surface area (Å²) in [4.78, 5) is 29.4. The van der Waals surface area contributed by atoms with E-state index in [1.807, 2.05) is 67.3 Å². The zero-order valence-electron chi connectivity index (χ0n) is 18.5. The number of para-hydroxylation sites is 2. The molecule has 0 atom stereocenters. The monoisotopic (exact) mass is 487 g/mol. The van der Waals surface area contributed by atoms with E-state index in [1.54, 1.807) is 13.8 Å². The second-order valence-corrected chi connectivity index (χ2v) is 9.42. The number of nitrogens with zero attached hydrogens (tertiary/aromatic N) is 2. The first-order valence-electron chi connectivity index (χ1n) is 10.6. The maximum absolute atomic E-state index is 13.0. The van der Waals surface area contributed by atoms with Gasteiger partial charge in [0.15, 0.2) is 5.60 Å². The number of amides is 2. The molecular weight excluding hydrogens is 458 g/mol. The third-order valence-electron chi connectivity index (χ3n) is 5.31. The molecule has 2 amide bonds. The molecule has 166 valence electrons. The first kappa shape index (κ1) is 23.1. The van der Waals surface area contributed by atoms with E-state index < -0.39 is 5.60 Å². The van der Waals surface area contributed by atoms with Gasteiger partial charge in [-0.3, -0.25) is 9.59 Å². The minimum atomic E-state index is -1.05. The van der Waals surface area contributed by atoms with Crippen molar-refractivity contribution in [1.82, 2.24) is 4.90 Å². The van der Waals surface area contributed by atoms with E-state index >= 15 is 0 Å². The van der Waals surface area contributed by atoms with Crippen molar-refractivity contribution in [1.29, 1.82) is 0 Å². The fourth-order valence-electron chi connectivity index (χ4n) is 3.50. The van der Waals surface area contributed by atoms with Crippen LogP contribution in [0.25, 0.3) is 0 Å². The van der Waals surface area contributed by atoms with Crippen molar-refractivity contribution in [2.45, 2.75) is 33.3 Å². The van der Waals surface area contributed by atoms with E-state index in [0.29, 0.717) is 18.8 Å². The summed E-state index contributed by atoms with van der Waals surface area (Å²) < 4.78 is 6.90. The topological polar surface area (TPSA) is 61.9 Å². The largest absolute Gasteiger partial charge is 0.478 e. The molecular formula is C24H30BrN3O3. The Hall–Kier alpha value is -2.54. The van der Waals surface area contributed by atoms with Gasteiger partial charge < -0.3 is 19.9 Å². The van der Waals surface area contributed by atoms with Crippen LogP contribution in [-0.4, -0.2) is 48.5 Å². The van der Waals surface area contributed by atoms with Crippen LogP contribution in [-0.2, 0) is 9.59 Å². The average Bonchev–Trinajstić information content (AvgIpc) is 2.75. The van der Waals surface area contributed by atoms with Crippen LogP contribution in [0.5, 0.6) is 5.75 Å².